The average Bonchev–Trinajstić information content (AvgIpc) is 2.73. The smallest absolute Gasteiger partial charge is 0.132 e. The highest BCUT2D eigenvalue weighted by atomic mass is 16.6. The predicted molar refractivity (Wildman–Crippen MR) is 112 cm³/mol. The summed E-state index contributed by atoms with van der Waals surface area (Å²) in [6.45, 7) is 12.4. The second-order valence-corrected chi connectivity index (χ2v) is 6.35. The zero-order valence-corrected chi connectivity index (χ0v) is 18.9. The van der Waals surface area contributed by atoms with Crippen molar-refractivity contribution in [1.29, 1.82) is 0 Å². The third-order valence-corrected chi connectivity index (χ3v) is 3.55. The molecular formula is C21H42O9. The first-order valence-electron chi connectivity index (χ1n) is 10.9. The van der Waals surface area contributed by atoms with E-state index in [0.29, 0.717) is 106 Å². The number of hydrogen-bond acceptors (Lipinski definition) is 9. The number of ether oxygens (including phenoxy) is 8. The van der Waals surface area contributed by atoms with Crippen LogP contribution in [0.15, 0.2) is 0 Å². The summed E-state index contributed by atoms with van der Waals surface area (Å²) in [5.41, 5.74) is 0. The molecule has 0 N–H and O–H groups in total. The fourth-order valence-corrected chi connectivity index (χ4v) is 2.00. The van der Waals surface area contributed by atoms with Gasteiger partial charge >= 0.3 is 0 Å². The van der Waals surface area contributed by atoms with Gasteiger partial charge in [-0.1, -0.05) is 6.92 Å². The molecule has 9 heteroatoms. The van der Waals surface area contributed by atoms with Gasteiger partial charge in [0.05, 0.1) is 99.1 Å². The highest BCUT2D eigenvalue weighted by molar-refractivity contribution is 5.75. The molecule has 0 radical (unpaired) electrons. The first kappa shape index (κ1) is 29.4. The Balaban J connectivity index is 2.99. The molecule has 0 aliphatic heterocycles. The number of carbonyl (C=O) groups is 1. The molecule has 0 rings (SSSR count). The van der Waals surface area contributed by atoms with Gasteiger partial charge in [-0.25, -0.2) is 0 Å². The summed E-state index contributed by atoms with van der Waals surface area (Å²) in [4.78, 5) is 10.7. The predicted octanol–water partition coefficient (Wildman–Crippen LogP) is 1.51. The second-order valence-electron chi connectivity index (χ2n) is 6.35. The van der Waals surface area contributed by atoms with E-state index in [0.717, 1.165) is 13.0 Å². The molecule has 0 aromatic heterocycles. The molecule has 0 aromatic rings. The van der Waals surface area contributed by atoms with Crippen LogP contribution in [0.2, 0.25) is 0 Å². The van der Waals surface area contributed by atoms with Crippen LogP contribution in [0.25, 0.3) is 0 Å². The lowest BCUT2D eigenvalue weighted by Gasteiger charge is -2.08. The van der Waals surface area contributed by atoms with Gasteiger partial charge in [-0.2, -0.15) is 0 Å². The molecule has 30 heavy (non-hydrogen) atoms. The topological polar surface area (TPSA) is 90.9 Å². The van der Waals surface area contributed by atoms with Gasteiger partial charge in [0.1, 0.15) is 5.78 Å². The van der Waals surface area contributed by atoms with E-state index in [2.05, 4.69) is 6.92 Å². The van der Waals surface area contributed by atoms with Crippen LogP contribution in [0.5, 0.6) is 0 Å². The second kappa shape index (κ2) is 26.4. The average molecular weight is 439 g/mol. The van der Waals surface area contributed by atoms with E-state index in [9.17, 15) is 4.79 Å². The number of Topliss-reactive ketones (excluding diaryl/α,β-unsaturated/α-hetero) is 1. The maximum absolute atomic E-state index is 10.7. The fourth-order valence-electron chi connectivity index (χ4n) is 2.00. The molecule has 0 bridgehead atoms. The summed E-state index contributed by atoms with van der Waals surface area (Å²) >= 11 is 0. The molecule has 0 saturated heterocycles. The maximum atomic E-state index is 10.7. The van der Waals surface area contributed by atoms with E-state index in [1.165, 1.54) is 0 Å². The molecule has 0 aliphatic rings. The Morgan fingerprint density at radius 2 is 0.667 bits per heavy atom. The first-order valence-corrected chi connectivity index (χ1v) is 10.9. The first-order chi connectivity index (χ1) is 14.8. The molecule has 0 atom stereocenters. The largest absolute Gasteiger partial charge is 0.379 e. The summed E-state index contributed by atoms with van der Waals surface area (Å²) in [6.07, 6.45) is 1.48. The van der Waals surface area contributed by atoms with Crippen molar-refractivity contribution in [3.05, 3.63) is 0 Å². The standard InChI is InChI=1S/C21H42O9/c1-3-5-23-7-9-25-11-13-27-15-17-29-19-20-30-18-16-28-14-12-26-10-8-24-6-4-21(2)22/h3-20H2,1-2H3. The fraction of sp³-hybridized carbons (Fsp3) is 0.952. The highest BCUT2D eigenvalue weighted by Crippen LogP contribution is 1.87. The lowest BCUT2D eigenvalue weighted by atomic mass is 10.3. The van der Waals surface area contributed by atoms with E-state index in [-0.39, 0.29) is 5.78 Å². The van der Waals surface area contributed by atoms with Gasteiger partial charge in [-0.3, -0.25) is 4.79 Å². The summed E-state index contributed by atoms with van der Waals surface area (Å²) < 4.78 is 42.9. The Hall–Kier alpha value is -0.650. The van der Waals surface area contributed by atoms with Crippen LogP contribution in [0.3, 0.4) is 0 Å². The van der Waals surface area contributed by atoms with Crippen LogP contribution in [0, 0.1) is 0 Å². The van der Waals surface area contributed by atoms with Crippen LogP contribution < -0.4 is 0 Å². The van der Waals surface area contributed by atoms with Gasteiger partial charge in [0.25, 0.3) is 0 Å². The Labute approximate surface area is 181 Å². The van der Waals surface area contributed by atoms with Gasteiger partial charge in [-0.15, -0.1) is 0 Å². The molecule has 9 nitrogen and oxygen atoms in total. The van der Waals surface area contributed by atoms with Crippen LogP contribution in [0.4, 0.5) is 0 Å². The summed E-state index contributed by atoms with van der Waals surface area (Å²) in [5, 5.41) is 0. The van der Waals surface area contributed by atoms with Crippen LogP contribution in [-0.2, 0) is 42.7 Å². The van der Waals surface area contributed by atoms with Crippen molar-refractivity contribution in [3.8, 4) is 0 Å². The van der Waals surface area contributed by atoms with Crippen molar-refractivity contribution in [2.45, 2.75) is 26.7 Å². The van der Waals surface area contributed by atoms with Crippen molar-refractivity contribution in [1.82, 2.24) is 0 Å². The normalized spacial score (nSPS) is 11.3. The number of hydrogen-bond donors (Lipinski definition) is 0. The quantitative estimate of drug-likeness (QED) is 0.186. The maximum Gasteiger partial charge on any atom is 0.132 e. The minimum absolute atomic E-state index is 0.133. The summed E-state index contributed by atoms with van der Waals surface area (Å²) in [5.74, 6) is 0.133. The van der Waals surface area contributed by atoms with E-state index in [1.807, 2.05) is 0 Å². The molecule has 0 amide bonds. The number of carbonyl (C=O) groups excluding carboxylic acids is 1. The summed E-state index contributed by atoms with van der Waals surface area (Å²) in [7, 11) is 0. The SMILES string of the molecule is CCCOCCOCCOCCOCCOCCOCCOCCOCCC(C)=O. The molecule has 0 aliphatic carbocycles. The van der Waals surface area contributed by atoms with Crippen molar-refractivity contribution >= 4 is 5.78 Å². The molecule has 0 unspecified atom stereocenters. The Bertz CT molecular complexity index is 342. The summed E-state index contributed by atoms with van der Waals surface area (Å²) in [6, 6.07) is 0. The van der Waals surface area contributed by atoms with Crippen LogP contribution in [0.1, 0.15) is 26.7 Å². The van der Waals surface area contributed by atoms with E-state index in [1.54, 1.807) is 6.92 Å². The number of rotatable bonds is 26. The Morgan fingerprint density at radius 3 is 0.900 bits per heavy atom. The molecule has 180 valence electrons. The lowest BCUT2D eigenvalue weighted by Crippen LogP contribution is -2.15. The third kappa shape index (κ3) is 27.4. The molecule has 0 fully saturated rings. The van der Waals surface area contributed by atoms with Crippen molar-refractivity contribution in [2.75, 3.05) is 106 Å². The molecule has 0 heterocycles. The minimum Gasteiger partial charge on any atom is -0.379 e. The zero-order chi connectivity index (χ0) is 22.0. The van der Waals surface area contributed by atoms with Crippen molar-refractivity contribution < 1.29 is 42.7 Å². The minimum atomic E-state index is 0.133. The van der Waals surface area contributed by atoms with E-state index >= 15 is 0 Å². The molecular weight excluding hydrogens is 396 g/mol. The van der Waals surface area contributed by atoms with Crippen molar-refractivity contribution in [2.24, 2.45) is 0 Å². The van der Waals surface area contributed by atoms with Gasteiger partial charge in [0, 0.05) is 13.0 Å². The van der Waals surface area contributed by atoms with E-state index < -0.39 is 0 Å². The van der Waals surface area contributed by atoms with Crippen LogP contribution >= 0.6 is 0 Å². The molecule has 0 aromatic carbocycles. The van der Waals surface area contributed by atoms with E-state index in [4.69, 9.17) is 37.9 Å². The lowest BCUT2D eigenvalue weighted by molar-refractivity contribution is -0.118. The van der Waals surface area contributed by atoms with Gasteiger partial charge in [-0.05, 0) is 13.3 Å². The van der Waals surface area contributed by atoms with Gasteiger partial charge < -0.3 is 37.9 Å². The Morgan fingerprint density at radius 1 is 0.433 bits per heavy atom. The Kier molecular flexibility index (Phi) is 25.8. The van der Waals surface area contributed by atoms with Crippen molar-refractivity contribution in [3.63, 3.8) is 0 Å². The molecule has 0 spiro atoms. The van der Waals surface area contributed by atoms with Crippen LogP contribution in [-0.4, -0.2) is 111 Å². The highest BCUT2D eigenvalue weighted by Gasteiger charge is 1.96. The van der Waals surface area contributed by atoms with Gasteiger partial charge in [0.2, 0.25) is 0 Å². The monoisotopic (exact) mass is 438 g/mol. The molecule has 0 saturated carbocycles. The van der Waals surface area contributed by atoms with Gasteiger partial charge in [0.15, 0.2) is 0 Å². The number of ketones is 1. The zero-order valence-electron chi connectivity index (χ0n) is 18.9. The third-order valence-electron chi connectivity index (χ3n) is 3.55.